The van der Waals surface area contributed by atoms with E-state index in [0.29, 0.717) is 30.3 Å². The molecule has 3 rings (SSSR count). The highest BCUT2D eigenvalue weighted by Gasteiger charge is 2.36. The van der Waals surface area contributed by atoms with E-state index in [-0.39, 0.29) is 16.9 Å². The van der Waals surface area contributed by atoms with Crippen LogP contribution >= 0.6 is 11.6 Å². The lowest BCUT2D eigenvalue weighted by molar-refractivity contribution is 0.0487. The molecule has 0 unspecified atom stereocenters. The maximum absolute atomic E-state index is 12.6. The SMILES string of the molecule is O=C(O)c1cccc(C(=O)NCC2(c3ccccc3Cl)CCOCC2)c1. The number of carbonyl (C=O) groups excluding carboxylic acids is 1. The molecule has 0 saturated carbocycles. The van der Waals surface area contributed by atoms with Gasteiger partial charge in [-0.15, -0.1) is 0 Å². The highest BCUT2D eigenvalue weighted by Crippen LogP contribution is 2.38. The molecule has 0 atom stereocenters. The molecule has 2 aromatic carbocycles. The Morgan fingerprint density at radius 2 is 1.77 bits per heavy atom. The van der Waals surface area contributed by atoms with E-state index < -0.39 is 5.97 Å². The lowest BCUT2D eigenvalue weighted by Crippen LogP contribution is -2.44. The summed E-state index contributed by atoms with van der Waals surface area (Å²) in [5.41, 5.74) is 1.12. The number of ether oxygens (including phenoxy) is 1. The molecular weight excluding hydrogens is 354 g/mol. The van der Waals surface area contributed by atoms with E-state index in [9.17, 15) is 9.59 Å². The van der Waals surface area contributed by atoms with Gasteiger partial charge in [-0.05, 0) is 42.7 Å². The van der Waals surface area contributed by atoms with Gasteiger partial charge in [-0.25, -0.2) is 4.79 Å². The Bertz CT molecular complexity index is 815. The molecule has 1 fully saturated rings. The molecule has 0 aromatic heterocycles. The second-order valence-corrected chi connectivity index (χ2v) is 6.85. The second kappa shape index (κ2) is 7.89. The van der Waals surface area contributed by atoms with E-state index in [1.165, 1.54) is 12.1 Å². The van der Waals surface area contributed by atoms with Crippen LogP contribution in [0.25, 0.3) is 0 Å². The predicted molar refractivity (Wildman–Crippen MR) is 98.9 cm³/mol. The molecule has 1 amide bonds. The summed E-state index contributed by atoms with van der Waals surface area (Å²) < 4.78 is 5.50. The van der Waals surface area contributed by atoms with Crippen molar-refractivity contribution < 1.29 is 19.4 Å². The van der Waals surface area contributed by atoms with Gasteiger partial charge in [0.2, 0.25) is 0 Å². The quantitative estimate of drug-likeness (QED) is 0.840. The minimum absolute atomic E-state index is 0.0875. The molecule has 6 heteroatoms. The smallest absolute Gasteiger partial charge is 0.335 e. The van der Waals surface area contributed by atoms with Crippen LogP contribution in [-0.2, 0) is 10.2 Å². The largest absolute Gasteiger partial charge is 0.478 e. The normalized spacial score (nSPS) is 16.0. The number of rotatable bonds is 5. The van der Waals surface area contributed by atoms with Crippen molar-refractivity contribution in [3.63, 3.8) is 0 Å². The van der Waals surface area contributed by atoms with Gasteiger partial charge in [-0.1, -0.05) is 35.9 Å². The van der Waals surface area contributed by atoms with Crippen LogP contribution < -0.4 is 5.32 Å². The molecule has 2 aromatic rings. The van der Waals surface area contributed by atoms with Crippen molar-refractivity contribution in [1.82, 2.24) is 5.32 Å². The first kappa shape index (κ1) is 18.4. The molecule has 0 spiro atoms. The molecule has 1 saturated heterocycles. The summed E-state index contributed by atoms with van der Waals surface area (Å²) in [6.07, 6.45) is 1.51. The van der Waals surface area contributed by atoms with Crippen molar-refractivity contribution in [2.45, 2.75) is 18.3 Å². The van der Waals surface area contributed by atoms with E-state index in [1.807, 2.05) is 24.3 Å². The fourth-order valence-corrected chi connectivity index (χ4v) is 3.68. The predicted octanol–water partition coefficient (Wildman–Crippen LogP) is 3.52. The van der Waals surface area contributed by atoms with Crippen LogP contribution in [0.3, 0.4) is 0 Å². The van der Waals surface area contributed by atoms with Crippen molar-refractivity contribution in [1.29, 1.82) is 0 Å². The van der Waals surface area contributed by atoms with Crippen molar-refractivity contribution in [3.8, 4) is 0 Å². The molecule has 2 N–H and O–H groups in total. The third-order valence-electron chi connectivity index (χ3n) is 4.85. The van der Waals surface area contributed by atoms with Crippen LogP contribution in [-0.4, -0.2) is 36.7 Å². The highest BCUT2D eigenvalue weighted by molar-refractivity contribution is 6.31. The average molecular weight is 374 g/mol. The summed E-state index contributed by atoms with van der Waals surface area (Å²) in [6, 6.07) is 13.7. The number of hydrogen-bond donors (Lipinski definition) is 2. The molecule has 0 radical (unpaired) electrons. The molecule has 136 valence electrons. The third kappa shape index (κ3) is 3.89. The lowest BCUT2D eigenvalue weighted by Gasteiger charge is -2.38. The van der Waals surface area contributed by atoms with Gasteiger partial charge in [0.25, 0.3) is 5.91 Å². The number of amides is 1. The Labute approximate surface area is 156 Å². The fourth-order valence-electron chi connectivity index (χ4n) is 3.34. The van der Waals surface area contributed by atoms with Gasteiger partial charge < -0.3 is 15.2 Å². The maximum atomic E-state index is 12.6. The monoisotopic (exact) mass is 373 g/mol. The molecule has 1 aliphatic rings. The van der Waals surface area contributed by atoms with Gasteiger partial charge >= 0.3 is 5.97 Å². The lowest BCUT2D eigenvalue weighted by atomic mass is 9.74. The molecule has 1 heterocycles. The first-order chi connectivity index (χ1) is 12.5. The Morgan fingerprint density at radius 1 is 1.08 bits per heavy atom. The van der Waals surface area contributed by atoms with E-state index in [0.717, 1.165) is 18.4 Å². The summed E-state index contributed by atoms with van der Waals surface area (Å²) in [4.78, 5) is 23.6. The second-order valence-electron chi connectivity index (χ2n) is 6.44. The van der Waals surface area contributed by atoms with Gasteiger partial charge in [0.15, 0.2) is 0 Å². The standard InChI is InChI=1S/C20H20ClNO4/c21-17-7-2-1-6-16(17)20(8-10-26-11-9-20)13-22-18(23)14-4-3-5-15(12-14)19(24)25/h1-7,12H,8-11,13H2,(H,22,23)(H,24,25). The Kier molecular flexibility index (Phi) is 5.59. The first-order valence-electron chi connectivity index (χ1n) is 8.46. The number of carbonyl (C=O) groups is 2. The first-order valence-corrected chi connectivity index (χ1v) is 8.84. The summed E-state index contributed by atoms with van der Waals surface area (Å²) in [5.74, 6) is -1.36. The third-order valence-corrected chi connectivity index (χ3v) is 5.18. The van der Waals surface area contributed by atoms with Crippen LogP contribution in [0.15, 0.2) is 48.5 Å². The minimum Gasteiger partial charge on any atom is -0.478 e. The van der Waals surface area contributed by atoms with E-state index in [1.54, 1.807) is 12.1 Å². The zero-order valence-electron chi connectivity index (χ0n) is 14.2. The summed E-state index contributed by atoms with van der Waals surface area (Å²) in [7, 11) is 0. The number of carboxylic acids is 1. The molecule has 5 nitrogen and oxygen atoms in total. The summed E-state index contributed by atoms with van der Waals surface area (Å²) in [5, 5.41) is 12.7. The molecule has 26 heavy (non-hydrogen) atoms. The maximum Gasteiger partial charge on any atom is 0.335 e. The zero-order valence-corrected chi connectivity index (χ0v) is 15.0. The van der Waals surface area contributed by atoms with Crippen molar-refractivity contribution >= 4 is 23.5 Å². The Balaban J connectivity index is 1.80. The number of nitrogens with one attached hydrogen (secondary N) is 1. The van der Waals surface area contributed by atoms with Crippen molar-refractivity contribution in [2.24, 2.45) is 0 Å². The minimum atomic E-state index is -1.06. The topological polar surface area (TPSA) is 75.6 Å². The van der Waals surface area contributed by atoms with Gasteiger partial charge in [0.1, 0.15) is 0 Å². The summed E-state index contributed by atoms with van der Waals surface area (Å²) >= 11 is 6.42. The van der Waals surface area contributed by atoms with Crippen LogP contribution in [0.4, 0.5) is 0 Å². The van der Waals surface area contributed by atoms with E-state index in [2.05, 4.69) is 5.32 Å². The van der Waals surface area contributed by atoms with Crippen LogP contribution in [0, 0.1) is 0 Å². The van der Waals surface area contributed by atoms with Gasteiger partial charge in [0, 0.05) is 35.8 Å². The fraction of sp³-hybridized carbons (Fsp3) is 0.300. The van der Waals surface area contributed by atoms with Gasteiger partial charge in [-0.3, -0.25) is 4.79 Å². The van der Waals surface area contributed by atoms with Gasteiger partial charge in [0.05, 0.1) is 5.56 Å². The number of benzene rings is 2. The molecule has 0 bridgehead atoms. The number of aromatic carboxylic acids is 1. The number of hydrogen-bond acceptors (Lipinski definition) is 3. The van der Waals surface area contributed by atoms with E-state index >= 15 is 0 Å². The Morgan fingerprint density at radius 3 is 2.46 bits per heavy atom. The number of carboxylic acid groups (broad SMARTS) is 1. The molecular formula is C20H20ClNO4. The van der Waals surface area contributed by atoms with Crippen LogP contribution in [0.1, 0.15) is 39.1 Å². The average Bonchev–Trinajstić information content (AvgIpc) is 2.67. The number of halogens is 1. The van der Waals surface area contributed by atoms with Crippen LogP contribution in [0.2, 0.25) is 5.02 Å². The zero-order chi connectivity index (χ0) is 18.6. The van der Waals surface area contributed by atoms with E-state index in [4.69, 9.17) is 21.4 Å². The summed E-state index contributed by atoms with van der Waals surface area (Å²) in [6.45, 7) is 1.63. The highest BCUT2D eigenvalue weighted by atomic mass is 35.5. The molecule has 0 aliphatic carbocycles. The van der Waals surface area contributed by atoms with Crippen molar-refractivity contribution in [2.75, 3.05) is 19.8 Å². The van der Waals surface area contributed by atoms with Gasteiger partial charge in [-0.2, -0.15) is 0 Å². The van der Waals surface area contributed by atoms with Crippen molar-refractivity contribution in [3.05, 3.63) is 70.2 Å². The van der Waals surface area contributed by atoms with Crippen LogP contribution in [0.5, 0.6) is 0 Å². The Hall–Kier alpha value is -2.37. The molecule has 1 aliphatic heterocycles.